The summed E-state index contributed by atoms with van der Waals surface area (Å²) in [6.45, 7) is 7.33. The van der Waals surface area contributed by atoms with Crippen LogP contribution in [0.25, 0.3) is 10.2 Å². The number of likely N-dealkylation sites (tertiary alicyclic amines) is 1. The molecule has 2 aromatic heterocycles. The smallest absolute Gasteiger partial charge is 0.259 e. The summed E-state index contributed by atoms with van der Waals surface area (Å²) in [5, 5.41) is 0.812. The number of hydrogen-bond acceptors (Lipinski definition) is 4. The zero-order valence-corrected chi connectivity index (χ0v) is 16.7. The zero-order chi connectivity index (χ0) is 18.5. The SMILES string of the molecule is CC(C)(C)C(=O)N1CCC[C@H](c2nc3sc4c(c3c(=O)[nH]2)CCCC4)C1. The van der Waals surface area contributed by atoms with Crippen molar-refractivity contribution in [3.05, 3.63) is 26.6 Å². The lowest BCUT2D eigenvalue weighted by Crippen LogP contribution is -2.45. The number of nitrogens with one attached hydrogen (secondary N) is 1. The number of fused-ring (bicyclic) bond motifs is 3. The quantitative estimate of drug-likeness (QED) is 0.830. The Balaban J connectivity index is 1.66. The Hall–Kier alpha value is -1.69. The lowest BCUT2D eigenvalue weighted by molar-refractivity contribution is -0.140. The normalized spacial score (nSPS) is 21.0. The van der Waals surface area contributed by atoms with Crippen LogP contribution in [0.1, 0.15) is 68.6 Å². The highest BCUT2D eigenvalue weighted by molar-refractivity contribution is 7.18. The third kappa shape index (κ3) is 3.08. The minimum absolute atomic E-state index is 0.00340. The molecule has 1 amide bonds. The van der Waals surface area contributed by atoms with E-state index in [4.69, 9.17) is 4.98 Å². The topological polar surface area (TPSA) is 66.1 Å². The van der Waals surface area contributed by atoms with E-state index in [1.807, 2.05) is 25.7 Å². The van der Waals surface area contributed by atoms with Gasteiger partial charge in [-0.25, -0.2) is 4.98 Å². The number of hydrogen-bond donors (Lipinski definition) is 1. The van der Waals surface area contributed by atoms with E-state index in [0.29, 0.717) is 6.54 Å². The number of aromatic nitrogens is 2. The predicted molar refractivity (Wildman–Crippen MR) is 105 cm³/mol. The van der Waals surface area contributed by atoms with Crippen molar-refractivity contribution in [2.24, 2.45) is 5.41 Å². The van der Waals surface area contributed by atoms with E-state index in [9.17, 15) is 9.59 Å². The molecular formula is C20H27N3O2S. The molecule has 0 saturated carbocycles. The first-order chi connectivity index (χ1) is 12.3. The highest BCUT2D eigenvalue weighted by Crippen LogP contribution is 2.35. The van der Waals surface area contributed by atoms with E-state index in [-0.39, 0.29) is 22.8 Å². The van der Waals surface area contributed by atoms with Gasteiger partial charge in [0.15, 0.2) is 0 Å². The van der Waals surface area contributed by atoms with Gasteiger partial charge < -0.3 is 9.88 Å². The van der Waals surface area contributed by atoms with Gasteiger partial charge in [0.2, 0.25) is 5.91 Å². The van der Waals surface area contributed by atoms with Crippen LogP contribution < -0.4 is 5.56 Å². The first-order valence-electron chi connectivity index (χ1n) is 9.68. The van der Waals surface area contributed by atoms with Gasteiger partial charge in [0.25, 0.3) is 5.56 Å². The van der Waals surface area contributed by atoms with Crippen LogP contribution in [-0.2, 0) is 17.6 Å². The molecule has 0 radical (unpaired) electrons. The van der Waals surface area contributed by atoms with Crippen LogP contribution in [0.4, 0.5) is 0 Å². The Labute approximate surface area is 157 Å². The Bertz CT molecular complexity index is 906. The van der Waals surface area contributed by atoms with E-state index in [0.717, 1.165) is 54.7 Å². The minimum Gasteiger partial charge on any atom is -0.342 e. The average Bonchev–Trinajstić information content (AvgIpc) is 2.99. The van der Waals surface area contributed by atoms with Crippen LogP contribution in [0.3, 0.4) is 0 Å². The molecule has 1 aliphatic heterocycles. The number of piperidine rings is 1. The van der Waals surface area contributed by atoms with E-state index >= 15 is 0 Å². The molecule has 1 fully saturated rings. The lowest BCUT2D eigenvalue weighted by atomic mass is 9.91. The van der Waals surface area contributed by atoms with Gasteiger partial charge in [0.1, 0.15) is 10.7 Å². The molecule has 3 heterocycles. The van der Waals surface area contributed by atoms with Crippen LogP contribution >= 0.6 is 11.3 Å². The van der Waals surface area contributed by atoms with Gasteiger partial charge >= 0.3 is 0 Å². The highest BCUT2D eigenvalue weighted by atomic mass is 32.1. The maximum Gasteiger partial charge on any atom is 0.259 e. The fourth-order valence-corrected chi connectivity index (χ4v) is 5.50. The molecule has 26 heavy (non-hydrogen) atoms. The number of nitrogens with zero attached hydrogens (tertiary/aromatic N) is 2. The summed E-state index contributed by atoms with van der Waals surface area (Å²) in [6, 6.07) is 0. The molecule has 1 saturated heterocycles. The summed E-state index contributed by atoms with van der Waals surface area (Å²) in [5.74, 6) is 1.05. The third-order valence-electron chi connectivity index (χ3n) is 5.58. The van der Waals surface area contributed by atoms with Crippen molar-refractivity contribution in [2.45, 2.75) is 65.2 Å². The summed E-state index contributed by atoms with van der Waals surface area (Å²) in [6.07, 6.45) is 6.35. The first-order valence-corrected chi connectivity index (χ1v) is 10.5. The number of H-pyrrole nitrogens is 1. The summed E-state index contributed by atoms with van der Waals surface area (Å²) in [7, 11) is 0. The van der Waals surface area contributed by atoms with Crippen LogP contribution in [0, 0.1) is 5.41 Å². The van der Waals surface area contributed by atoms with Gasteiger partial charge in [0, 0.05) is 29.3 Å². The van der Waals surface area contributed by atoms with Crippen LogP contribution in [0.5, 0.6) is 0 Å². The van der Waals surface area contributed by atoms with Gasteiger partial charge in [-0.15, -0.1) is 11.3 Å². The first kappa shape index (κ1) is 17.7. The minimum atomic E-state index is -0.376. The summed E-state index contributed by atoms with van der Waals surface area (Å²) in [4.78, 5) is 37.5. The van der Waals surface area contributed by atoms with Crippen LogP contribution in [0.2, 0.25) is 0 Å². The van der Waals surface area contributed by atoms with E-state index in [1.165, 1.54) is 16.9 Å². The Kier molecular flexibility index (Phi) is 4.41. The number of carbonyl (C=O) groups is 1. The van der Waals surface area contributed by atoms with Crippen molar-refractivity contribution in [3.63, 3.8) is 0 Å². The second kappa shape index (κ2) is 6.48. The van der Waals surface area contributed by atoms with Gasteiger partial charge in [-0.2, -0.15) is 0 Å². The molecule has 1 N–H and O–H groups in total. The Morgan fingerprint density at radius 2 is 2.00 bits per heavy atom. The fraction of sp³-hybridized carbons (Fsp3) is 0.650. The van der Waals surface area contributed by atoms with Crippen LogP contribution in [-0.4, -0.2) is 33.9 Å². The molecule has 140 valence electrons. The van der Waals surface area contributed by atoms with Crippen molar-refractivity contribution in [3.8, 4) is 0 Å². The molecule has 1 atom stereocenters. The van der Waals surface area contributed by atoms with Gasteiger partial charge in [-0.3, -0.25) is 9.59 Å². The van der Waals surface area contributed by atoms with E-state index < -0.39 is 0 Å². The number of thiophene rings is 1. The van der Waals surface area contributed by atoms with Gasteiger partial charge in [0.05, 0.1) is 5.39 Å². The maximum absolute atomic E-state index is 12.8. The number of rotatable bonds is 1. The van der Waals surface area contributed by atoms with Crippen molar-refractivity contribution in [1.29, 1.82) is 0 Å². The van der Waals surface area contributed by atoms with Crippen molar-refractivity contribution < 1.29 is 4.79 Å². The molecule has 4 rings (SSSR count). The van der Waals surface area contributed by atoms with Crippen molar-refractivity contribution in [1.82, 2.24) is 14.9 Å². The third-order valence-corrected chi connectivity index (χ3v) is 6.77. The molecule has 0 spiro atoms. The number of aromatic amines is 1. The fourth-order valence-electron chi connectivity index (χ4n) is 4.23. The number of amides is 1. The van der Waals surface area contributed by atoms with Gasteiger partial charge in [-0.05, 0) is 44.1 Å². The van der Waals surface area contributed by atoms with E-state index in [1.54, 1.807) is 11.3 Å². The summed E-state index contributed by atoms with van der Waals surface area (Å²) >= 11 is 1.69. The molecule has 0 unspecified atom stereocenters. The molecule has 1 aliphatic carbocycles. The van der Waals surface area contributed by atoms with Crippen molar-refractivity contribution in [2.75, 3.05) is 13.1 Å². The highest BCUT2D eigenvalue weighted by Gasteiger charge is 2.32. The molecule has 2 aliphatic rings. The standard InChI is InChI=1S/C20H27N3O2S/c1-20(2,3)19(25)23-10-6-7-12(11-23)16-21-17(24)15-13-8-4-5-9-14(13)26-18(15)22-16/h12H,4-11H2,1-3H3,(H,21,22,24)/t12-/m0/s1. The largest absolute Gasteiger partial charge is 0.342 e. The monoisotopic (exact) mass is 373 g/mol. The maximum atomic E-state index is 12.8. The molecule has 5 nitrogen and oxygen atoms in total. The van der Waals surface area contributed by atoms with E-state index in [2.05, 4.69) is 4.98 Å². The molecule has 2 aromatic rings. The number of aryl methyl sites for hydroxylation is 2. The molecule has 0 aromatic carbocycles. The molecule has 6 heteroatoms. The second-order valence-corrected chi connectivity index (χ2v) is 9.77. The Morgan fingerprint density at radius 1 is 1.23 bits per heavy atom. The second-order valence-electron chi connectivity index (χ2n) is 8.68. The zero-order valence-electron chi connectivity index (χ0n) is 15.9. The Morgan fingerprint density at radius 3 is 2.77 bits per heavy atom. The summed E-state index contributed by atoms with van der Waals surface area (Å²) in [5.41, 5.74) is 0.854. The average molecular weight is 374 g/mol. The number of carbonyl (C=O) groups excluding carboxylic acids is 1. The van der Waals surface area contributed by atoms with Crippen LogP contribution in [0.15, 0.2) is 4.79 Å². The predicted octanol–water partition coefficient (Wildman–Crippen LogP) is 3.62. The van der Waals surface area contributed by atoms with Gasteiger partial charge in [-0.1, -0.05) is 20.8 Å². The summed E-state index contributed by atoms with van der Waals surface area (Å²) < 4.78 is 0. The molecule has 0 bridgehead atoms. The molecular weight excluding hydrogens is 346 g/mol. The van der Waals surface area contributed by atoms with Crippen molar-refractivity contribution >= 4 is 27.5 Å². The lowest BCUT2D eigenvalue weighted by Gasteiger charge is -2.36.